The summed E-state index contributed by atoms with van der Waals surface area (Å²) in [5.41, 5.74) is -0.147. The highest BCUT2D eigenvalue weighted by Crippen LogP contribution is 2.38. The number of ether oxygens (including phenoxy) is 1. The van der Waals surface area contributed by atoms with E-state index in [2.05, 4.69) is 27.7 Å². The fourth-order valence-corrected chi connectivity index (χ4v) is 6.34. The number of carbonyl (C=O) groups is 4. The largest absolute Gasteiger partial charge is 0.381 e. The summed E-state index contributed by atoms with van der Waals surface area (Å²) in [6, 6.07) is -0.310. The quantitative estimate of drug-likeness (QED) is 0.144. The molecule has 0 saturated carbocycles. The molecule has 0 aromatic carbocycles. The summed E-state index contributed by atoms with van der Waals surface area (Å²) in [6.45, 7) is 13.5. The highest BCUT2D eigenvalue weighted by Gasteiger charge is 2.46. The van der Waals surface area contributed by atoms with Gasteiger partial charge in [0.2, 0.25) is 5.91 Å². The topological polar surface area (TPSA) is 90.5 Å². The Labute approximate surface area is 236 Å². The first kappa shape index (κ1) is 33.0. The van der Waals surface area contributed by atoms with E-state index in [0.29, 0.717) is 19.7 Å². The van der Waals surface area contributed by atoms with Gasteiger partial charge in [-0.3, -0.25) is 19.4 Å². The van der Waals surface area contributed by atoms with Crippen molar-refractivity contribution < 1.29 is 23.9 Å². The Hall–Kier alpha value is -2.16. The van der Waals surface area contributed by atoms with E-state index in [1.807, 2.05) is 6.92 Å². The third kappa shape index (κ3) is 8.18. The number of imide groups is 2. The predicted octanol–water partition coefficient (Wildman–Crippen LogP) is 5.67. The number of rotatable bonds is 20. The van der Waals surface area contributed by atoms with Crippen molar-refractivity contribution in [2.24, 2.45) is 5.41 Å². The Kier molecular flexibility index (Phi) is 13.2. The van der Waals surface area contributed by atoms with Crippen LogP contribution in [0.25, 0.3) is 0 Å². The summed E-state index contributed by atoms with van der Waals surface area (Å²) in [5, 5.41) is 0. The number of nitrogens with zero attached hydrogens (tertiary/aromatic N) is 4. The molecule has 2 saturated heterocycles. The van der Waals surface area contributed by atoms with E-state index < -0.39 is 5.54 Å². The Balaban J connectivity index is 1.66. The normalized spacial score (nSPS) is 17.0. The molecule has 0 bridgehead atoms. The molecule has 2 fully saturated rings. The first-order valence-corrected chi connectivity index (χ1v) is 15.4. The van der Waals surface area contributed by atoms with Gasteiger partial charge in [-0.1, -0.05) is 47.0 Å². The first-order valence-electron chi connectivity index (χ1n) is 15.4. The maximum Gasteiger partial charge on any atom is 0.327 e. The van der Waals surface area contributed by atoms with Crippen LogP contribution in [0.1, 0.15) is 112 Å². The number of hydrogen-bond donors (Lipinski definition) is 0. The van der Waals surface area contributed by atoms with Crippen molar-refractivity contribution >= 4 is 23.9 Å². The molecule has 2 aliphatic heterocycles. The van der Waals surface area contributed by atoms with Crippen LogP contribution in [0.4, 0.5) is 9.59 Å². The molecular formula is C30H54N4O5. The van der Waals surface area contributed by atoms with E-state index in [1.165, 1.54) is 14.7 Å². The van der Waals surface area contributed by atoms with Gasteiger partial charge in [0.1, 0.15) is 13.1 Å². The monoisotopic (exact) mass is 550 g/mol. The van der Waals surface area contributed by atoms with Crippen LogP contribution in [0, 0.1) is 5.41 Å². The summed E-state index contributed by atoms with van der Waals surface area (Å²) in [7, 11) is 1.69. The predicted molar refractivity (Wildman–Crippen MR) is 153 cm³/mol. The second kappa shape index (κ2) is 15.6. The molecule has 0 aliphatic carbocycles. The smallest absolute Gasteiger partial charge is 0.327 e. The van der Waals surface area contributed by atoms with Crippen molar-refractivity contribution in [3.63, 3.8) is 0 Å². The van der Waals surface area contributed by atoms with Gasteiger partial charge in [-0.15, -0.1) is 0 Å². The minimum Gasteiger partial charge on any atom is -0.381 e. The Morgan fingerprint density at radius 3 is 1.77 bits per heavy atom. The third-order valence-corrected chi connectivity index (χ3v) is 9.46. The van der Waals surface area contributed by atoms with Gasteiger partial charge in [0.25, 0.3) is 5.91 Å². The molecule has 9 heteroatoms. The van der Waals surface area contributed by atoms with Crippen LogP contribution in [0.2, 0.25) is 0 Å². The van der Waals surface area contributed by atoms with Gasteiger partial charge in [-0.25, -0.2) is 9.59 Å². The Bertz CT molecular complexity index is 824. The molecule has 2 rings (SSSR count). The molecular weight excluding hydrogens is 496 g/mol. The fraction of sp³-hybridized carbons (Fsp3) is 0.867. The van der Waals surface area contributed by atoms with Crippen LogP contribution in [-0.4, -0.2) is 95.5 Å². The Morgan fingerprint density at radius 1 is 0.692 bits per heavy atom. The summed E-state index contributed by atoms with van der Waals surface area (Å²) in [6.07, 6.45) is 11.5. The van der Waals surface area contributed by atoms with Crippen LogP contribution in [0.5, 0.6) is 0 Å². The standard InChI is InChI=1S/C30H54N4O5/c1-7-29(8-2,18-16-20-33-25(35)24-32(11-5)28(33)38)17-12-14-21-39-22-15-13-19-30(9-3,10-4)34-26(36)23-31(6)27(34)37/h7-24H2,1-6H3. The molecule has 0 atom stereocenters. The van der Waals surface area contributed by atoms with Gasteiger partial charge in [-0.05, 0) is 70.1 Å². The maximum atomic E-state index is 12.6. The van der Waals surface area contributed by atoms with E-state index in [-0.39, 0.29) is 42.4 Å². The molecule has 224 valence electrons. The van der Waals surface area contributed by atoms with Crippen LogP contribution in [0.3, 0.4) is 0 Å². The van der Waals surface area contributed by atoms with E-state index in [9.17, 15) is 19.2 Å². The van der Waals surface area contributed by atoms with Crippen LogP contribution in [0.15, 0.2) is 0 Å². The second-order valence-corrected chi connectivity index (χ2v) is 11.5. The summed E-state index contributed by atoms with van der Waals surface area (Å²) < 4.78 is 5.93. The van der Waals surface area contributed by atoms with Gasteiger partial charge in [0.15, 0.2) is 0 Å². The molecule has 0 aromatic heterocycles. The molecule has 0 spiro atoms. The van der Waals surface area contributed by atoms with Crippen LogP contribution >= 0.6 is 0 Å². The summed E-state index contributed by atoms with van der Waals surface area (Å²) >= 11 is 0. The van der Waals surface area contributed by atoms with Crippen molar-refractivity contribution in [1.29, 1.82) is 0 Å². The maximum absolute atomic E-state index is 12.6. The number of unbranched alkanes of at least 4 members (excludes halogenated alkanes) is 2. The molecule has 39 heavy (non-hydrogen) atoms. The number of urea groups is 2. The molecule has 0 unspecified atom stereocenters. The van der Waals surface area contributed by atoms with Crippen molar-refractivity contribution in [2.75, 3.05) is 46.4 Å². The zero-order valence-corrected chi connectivity index (χ0v) is 25.6. The van der Waals surface area contributed by atoms with Gasteiger partial charge < -0.3 is 14.5 Å². The summed E-state index contributed by atoms with van der Waals surface area (Å²) in [5.74, 6) is -0.155. The number of hydrogen-bond acceptors (Lipinski definition) is 5. The lowest BCUT2D eigenvalue weighted by molar-refractivity contribution is -0.130. The molecule has 0 aromatic rings. The SMILES string of the molecule is CCN1CC(=O)N(CCCC(CC)(CC)CCCCOCCCCC(CC)(CC)N2C(=O)CN(C)C2=O)C1=O. The van der Waals surface area contributed by atoms with Crippen molar-refractivity contribution in [2.45, 2.75) is 117 Å². The highest BCUT2D eigenvalue weighted by atomic mass is 16.5. The molecule has 0 radical (unpaired) electrons. The van der Waals surface area contributed by atoms with E-state index in [0.717, 1.165) is 83.7 Å². The molecule has 2 heterocycles. The summed E-state index contributed by atoms with van der Waals surface area (Å²) in [4.78, 5) is 55.6. The Morgan fingerprint density at radius 2 is 1.28 bits per heavy atom. The molecule has 9 nitrogen and oxygen atoms in total. The lowest BCUT2D eigenvalue weighted by Crippen LogP contribution is -2.51. The van der Waals surface area contributed by atoms with Crippen molar-refractivity contribution in [3.05, 3.63) is 0 Å². The van der Waals surface area contributed by atoms with Gasteiger partial charge >= 0.3 is 12.1 Å². The van der Waals surface area contributed by atoms with Crippen molar-refractivity contribution in [1.82, 2.24) is 19.6 Å². The highest BCUT2D eigenvalue weighted by molar-refractivity contribution is 6.03. The molecule has 0 N–H and O–H groups in total. The van der Waals surface area contributed by atoms with Crippen LogP contribution < -0.4 is 0 Å². The van der Waals surface area contributed by atoms with Gasteiger partial charge in [0, 0.05) is 33.4 Å². The minimum absolute atomic E-state index is 0.0710. The van der Waals surface area contributed by atoms with E-state index in [4.69, 9.17) is 4.74 Å². The van der Waals surface area contributed by atoms with E-state index >= 15 is 0 Å². The zero-order valence-electron chi connectivity index (χ0n) is 25.6. The third-order valence-electron chi connectivity index (χ3n) is 9.46. The van der Waals surface area contributed by atoms with Gasteiger partial charge in [0.05, 0.1) is 5.54 Å². The second-order valence-electron chi connectivity index (χ2n) is 11.5. The van der Waals surface area contributed by atoms with E-state index in [1.54, 1.807) is 11.9 Å². The fourth-order valence-electron chi connectivity index (χ4n) is 6.34. The minimum atomic E-state index is -0.396. The molecule has 6 amide bonds. The van der Waals surface area contributed by atoms with Crippen molar-refractivity contribution in [3.8, 4) is 0 Å². The number of amides is 6. The zero-order chi connectivity index (χ0) is 29.1. The molecule has 2 aliphatic rings. The first-order chi connectivity index (χ1) is 18.6. The number of carbonyl (C=O) groups excluding carboxylic acids is 4. The lowest BCUT2D eigenvalue weighted by Gasteiger charge is -2.39. The number of likely N-dealkylation sites (N-methyl/N-ethyl adjacent to an activating group) is 2. The lowest BCUT2D eigenvalue weighted by atomic mass is 9.74. The van der Waals surface area contributed by atoms with Gasteiger partial charge in [-0.2, -0.15) is 0 Å². The van der Waals surface area contributed by atoms with Crippen LogP contribution in [-0.2, 0) is 14.3 Å². The average Bonchev–Trinajstić information content (AvgIpc) is 3.36. The average molecular weight is 551 g/mol.